The molecule has 3 aromatic rings. The van der Waals surface area contributed by atoms with Gasteiger partial charge in [-0.25, -0.2) is 0 Å². The number of ether oxygens (including phenoxy) is 2. The van der Waals surface area contributed by atoms with Crippen molar-refractivity contribution < 1.29 is 14.3 Å². The monoisotopic (exact) mass is 464 g/mol. The quantitative estimate of drug-likeness (QED) is 0.306. The molecule has 0 aliphatic carbocycles. The number of amides is 1. The molecule has 172 valence electrons. The van der Waals surface area contributed by atoms with Crippen LogP contribution in [0.4, 0.5) is 0 Å². The minimum Gasteiger partial charge on any atom is -0.497 e. The molecule has 3 rings (SSSR count). The molecule has 0 saturated carbocycles. The third-order valence-corrected chi connectivity index (χ3v) is 5.89. The summed E-state index contributed by atoms with van der Waals surface area (Å²) in [5, 5.41) is 9.52. The Kier molecular flexibility index (Phi) is 8.32. The maximum atomic E-state index is 12.8. The molecule has 0 aliphatic heterocycles. The van der Waals surface area contributed by atoms with Gasteiger partial charge in [0.05, 0.1) is 25.7 Å². The Labute approximate surface area is 198 Å². The van der Waals surface area contributed by atoms with Crippen LogP contribution in [-0.2, 0) is 4.79 Å². The summed E-state index contributed by atoms with van der Waals surface area (Å²) in [7, 11) is 3.21. The first-order valence-electron chi connectivity index (χ1n) is 10.4. The SMILES string of the molecule is C=CCN(CC=C)C(=O)CSc1nnc(-c2cc(OC)cc(OC)c2)n1-c1ccccc1C. The van der Waals surface area contributed by atoms with Gasteiger partial charge in [-0.1, -0.05) is 42.1 Å². The molecule has 7 nitrogen and oxygen atoms in total. The van der Waals surface area contributed by atoms with Crippen LogP contribution < -0.4 is 9.47 Å². The van der Waals surface area contributed by atoms with Gasteiger partial charge in [-0.05, 0) is 30.7 Å². The number of rotatable bonds is 11. The molecule has 33 heavy (non-hydrogen) atoms. The number of benzene rings is 2. The summed E-state index contributed by atoms with van der Waals surface area (Å²) in [6.07, 6.45) is 3.41. The first-order valence-corrected chi connectivity index (χ1v) is 11.4. The van der Waals surface area contributed by atoms with Gasteiger partial charge >= 0.3 is 0 Å². The van der Waals surface area contributed by atoms with Crippen LogP contribution in [0.5, 0.6) is 11.5 Å². The highest BCUT2D eigenvalue weighted by Crippen LogP contribution is 2.33. The predicted octanol–water partition coefficient (Wildman–Crippen LogP) is 4.55. The van der Waals surface area contributed by atoms with Crippen molar-refractivity contribution in [1.29, 1.82) is 0 Å². The standard InChI is InChI=1S/C25H28N4O3S/c1-6-12-28(13-7-2)23(30)17-33-25-27-26-24(29(25)22-11-9-8-10-18(22)3)19-14-20(31-4)16-21(15-19)32-5/h6-11,14-16H,1-2,12-13,17H2,3-5H3. The maximum absolute atomic E-state index is 12.8. The number of methoxy groups -OCH3 is 2. The Bertz CT molecular complexity index is 1110. The molecule has 0 atom stereocenters. The Hall–Kier alpha value is -3.52. The number of para-hydroxylation sites is 1. The topological polar surface area (TPSA) is 69.5 Å². The Morgan fingerprint density at radius 3 is 2.27 bits per heavy atom. The minimum atomic E-state index is -0.0243. The van der Waals surface area contributed by atoms with Crippen molar-refractivity contribution in [2.24, 2.45) is 0 Å². The lowest BCUT2D eigenvalue weighted by atomic mass is 10.1. The second-order valence-corrected chi connectivity index (χ2v) is 8.14. The molecule has 0 saturated heterocycles. The Morgan fingerprint density at radius 2 is 1.70 bits per heavy atom. The molecule has 0 unspecified atom stereocenters. The summed E-state index contributed by atoms with van der Waals surface area (Å²) in [5.41, 5.74) is 2.78. The smallest absolute Gasteiger partial charge is 0.233 e. The lowest BCUT2D eigenvalue weighted by molar-refractivity contribution is -0.127. The van der Waals surface area contributed by atoms with Crippen LogP contribution in [-0.4, -0.2) is 58.6 Å². The molecular weight excluding hydrogens is 436 g/mol. The Balaban J connectivity index is 2.04. The van der Waals surface area contributed by atoms with Crippen LogP contribution in [0.3, 0.4) is 0 Å². The summed E-state index contributed by atoms with van der Waals surface area (Å²) in [4.78, 5) is 14.5. The van der Waals surface area contributed by atoms with Crippen molar-refractivity contribution in [2.45, 2.75) is 12.1 Å². The van der Waals surface area contributed by atoms with Gasteiger partial charge in [-0.15, -0.1) is 23.4 Å². The average Bonchev–Trinajstić information content (AvgIpc) is 3.26. The molecule has 1 aromatic heterocycles. The summed E-state index contributed by atoms with van der Waals surface area (Å²) in [6, 6.07) is 13.6. The van der Waals surface area contributed by atoms with E-state index in [9.17, 15) is 4.79 Å². The van der Waals surface area contributed by atoms with Crippen LogP contribution in [0.2, 0.25) is 0 Å². The number of hydrogen-bond acceptors (Lipinski definition) is 6. The van der Waals surface area contributed by atoms with Crippen LogP contribution >= 0.6 is 11.8 Å². The van der Waals surface area contributed by atoms with E-state index in [1.165, 1.54) is 11.8 Å². The highest BCUT2D eigenvalue weighted by atomic mass is 32.2. The van der Waals surface area contributed by atoms with Crippen molar-refractivity contribution in [2.75, 3.05) is 33.1 Å². The van der Waals surface area contributed by atoms with Crippen molar-refractivity contribution in [3.05, 3.63) is 73.3 Å². The highest BCUT2D eigenvalue weighted by molar-refractivity contribution is 7.99. The molecule has 1 amide bonds. The lowest BCUT2D eigenvalue weighted by Crippen LogP contribution is -2.32. The van der Waals surface area contributed by atoms with Gasteiger partial charge in [0.15, 0.2) is 11.0 Å². The second kappa shape index (κ2) is 11.4. The molecule has 0 spiro atoms. The zero-order valence-corrected chi connectivity index (χ0v) is 20.0. The lowest BCUT2D eigenvalue weighted by Gasteiger charge is -2.19. The van der Waals surface area contributed by atoms with Crippen LogP contribution in [0.1, 0.15) is 5.56 Å². The molecule has 0 aliphatic rings. The number of nitrogens with zero attached hydrogens (tertiary/aromatic N) is 4. The van der Waals surface area contributed by atoms with Gasteiger partial charge in [-0.2, -0.15) is 0 Å². The number of hydrogen-bond donors (Lipinski definition) is 0. The van der Waals surface area contributed by atoms with Crippen molar-refractivity contribution in [3.8, 4) is 28.6 Å². The van der Waals surface area contributed by atoms with Crippen molar-refractivity contribution in [3.63, 3.8) is 0 Å². The maximum Gasteiger partial charge on any atom is 0.233 e. The van der Waals surface area contributed by atoms with Gasteiger partial charge in [0.2, 0.25) is 5.91 Å². The van der Waals surface area contributed by atoms with Gasteiger partial charge in [0, 0.05) is 24.7 Å². The largest absolute Gasteiger partial charge is 0.497 e. The number of aryl methyl sites for hydroxylation is 1. The molecule has 8 heteroatoms. The predicted molar refractivity (Wildman–Crippen MR) is 132 cm³/mol. The van der Waals surface area contributed by atoms with Crippen LogP contribution in [0.15, 0.2) is 72.9 Å². The number of thioether (sulfide) groups is 1. The van der Waals surface area contributed by atoms with E-state index in [0.29, 0.717) is 35.6 Å². The first kappa shape index (κ1) is 24.1. The fraction of sp³-hybridized carbons (Fsp3) is 0.240. The molecule has 2 aromatic carbocycles. The fourth-order valence-corrected chi connectivity index (χ4v) is 4.17. The number of carbonyl (C=O) groups is 1. The number of carbonyl (C=O) groups excluding carboxylic acids is 1. The normalized spacial score (nSPS) is 10.5. The summed E-state index contributed by atoms with van der Waals surface area (Å²) >= 11 is 1.34. The Morgan fingerprint density at radius 1 is 1.06 bits per heavy atom. The molecule has 0 N–H and O–H groups in total. The molecule has 0 radical (unpaired) electrons. The fourth-order valence-electron chi connectivity index (χ4n) is 3.33. The van der Waals surface area contributed by atoms with Crippen molar-refractivity contribution >= 4 is 17.7 Å². The van der Waals surface area contributed by atoms with E-state index < -0.39 is 0 Å². The minimum absolute atomic E-state index is 0.0243. The van der Waals surface area contributed by atoms with Crippen LogP contribution in [0, 0.1) is 6.92 Å². The van der Waals surface area contributed by atoms with Crippen molar-refractivity contribution in [1.82, 2.24) is 19.7 Å². The highest BCUT2D eigenvalue weighted by Gasteiger charge is 2.20. The molecule has 0 bridgehead atoms. The summed E-state index contributed by atoms with van der Waals surface area (Å²) in [5.74, 6) is 2.12. The third-order valence-electron chi connectivity index (χ3n) is 4.98. The molecule has 1 heterocycles. The first-order chi connectivity index (χ1) is 16.0. The second-order valence-electron chi connectivity index (χ2n) is 7.19. The van der Waals surface area contributed by atoms with E-state index in [-0.39, 0.29) is 11.7 Å². The summed E-state index contributed by atoms with van der Waals surface area (Å²) in [6.45, 7) is 10.4. The zero-order valence-electron chi connectivity index (χ0n) is 19.2. The van der Waals surface area contributed by atoms with Gasteiger partial charge in [0.1, 0.15) is 11.5 Å². The van der Waals surface area contributed by atoms with Gasteiger partial charge < -0.3 is 14.4 Å². The van der Waals surface area contributed by atoms with E-state index in [4.69, 9.17) is 9.47 Å². The number of aromatic nitrogens is 3. The van der Waals surface area contributed by atoms with Gasteiger partial charge in [0.25, 0.3) is 0 Å². The molecular formula is C25H28N4O3S. The third kappa shape index (κ3) is 5.64. The summed E-state index contributed by atoms with van der Waals surface area (Å²) < 4.78 is 12.8. The van der Waals surface area contributed by atoms with E-state index in [0.717, 1.165) is 16.8 Å². The van der Waals surface area contributed by atoms with E-state index >= 15 is 0 Å². The van der Waals surface area contributed by atoms with Gasteiger partial charge in [-0.3, -0.25) is 9.36 Å². The average molecular weight is 465 g/mol. The van der Waals surface area contributed by atoms with E-state index in [2.05, 4.69) is 23.4 Å². The zero-order chi connectivity index (χ0) is 23.8. The molecule has 0 fully saturated rings. The van der Waals surface area contributed by atoms with Crippen LogP contribution in [0.25, 0.3) is 17.1 Å². The van der Waals surface area contributed by atoms with E-state index in [1.54, 1.807) is 37.3 Å². The van der Waals surface area contributed by atoms with E-state index in [1.807, 2.05) is 47.9 Å².